The maximum atomic E-state index is 14.4. The molecule has 0 spiro atoms. The van der Waals surface area contributed by atoms with Crippen LogP contribution in [0.4, 0.5) is 21.7 Å². The first-order valence-corrected chi connectivity index (χ1v) is 12.0. The summed E-state index contributed by atoms with van der Waals surface area (Å²) >= 11 is 0. The van der Waals surface area contributed by atoms with Crippen molar-refractivity contribution in [2.24, 2.45) is 0 Å². The summed E-state index contributed by atoms with van der Waals surface area (Å²) in [7, 11) is 0. The van der Waals surface area contributed by atoms with Crippen molar-refractivity contribution in [3.05, 3.63) is 72.7 Å². The average molecular weight is 508 g/mol. The van der Waals surface area contributed by atoms with Crippen LogP contribution in [0.2, 0.25) is 0 Å². The Morgan fingerprint density at radius 2 is 2.08 bits per heavy atom. The summed E-state index contributed by atoms with van der Waals surface area (Å²) in [5.41, 5.74) is 2.15. The molecule has 0 saturated carbocycles. The van der Waals surface area contributed by atoms with Crippen LogP contribution in [-0.2, 0) is 16.0 Å². The van der Waals surface area contributed by atoms with Crippen LogP contribution in [0.15, 0.2) is 61.3 Å². The predicted octanol–water partition coefficient (Wildman–Crippen LogP) is 5.09. The number of aryl methyl sites for hydroxylation is 1. The Balaban J connectivity index is 0.00000400. The van der Waals surface area contributed by atoms with Gasteiger partial charge in [-0.25, -0.2) is 4.98 Å². The van der Waals surface area contributed by atoms with Gasteiger partial charge in [-0.1, -0.05) is 19.6 Å². The van der Waals surface area contributed by atoms with Gasteiger partial charge in [0.1, 0.15) is 18.1 Å². The molecule has 0 bridgehead atoms. The van der Waals surface area contributed by atoms with Crippen LogP contribution in [0.25, 0.3) is 0 Å². The largest absolute Gasteiger partial charge is 0.492 e. The summed E-state index contributed by atoms with van der Waals surface area (Å²) in [5, 5.41) is 5.69. The Kier molecular flexibility index (Phi) is 8.29. The lowest BCUT2D eigenvalue weighted by atomic mass is 10.1. The lowest BCUT2D eigenvalue weighted by Crippen LogP contribution is -2.29. The zero-order valence-electron chi connectivity index (χ0n) is 20.5. The number of anilines is 3. The third-order valence-corrected chi connectivity index (χ3v) is 5.65. The van der Waals surface area contributed by atoms with Crippen molar-refractivity contribution >= 4 is 29.1 Å². The van der Waals surface area contributed by atoms with Gasteiger partial charge in [0.15, 0.2) is 0 Å². The van der Waals surface area contributed by atoms with Gasteiger partial charge >= 0.3 is 0 Å². The minimum atomic E-state index is -0.742. The van der Waals surface area contributed by atoms with E-state index in [1.807, 2.05) is 19.1 Å². The molecule has 1 aliphatic rings. The number of hydrogen-bond acceptors (Lipinski definition) is 7. The van der Waals surface area contributed by atoms with Gasteiger partial charge in [-0.2, -0.15) is 9.37 Å². The summed E-state index contributed by atoms with van der Waals surface area (Å²) in [6.07, 6.45) is 4.42. The van der Waals surface area contributed by atoms with E-state index in [9.17, 15) is 14.0 Å². The molecular weight excluding hydrogens is 477 g/mol. The fraction of sp³-hybridized carbons (Fsp3) is 0.259. The number of likely N-dealkylation sites (tertiary alicyclic amines) is 1. The van der Waals surface area contributed by atoms with E-state index in [-0.39, 0.29) is 30.8 Å². The molecule has 1 aromatic heterocycles. The van der Waals surface area contributed by atoms with Crippen LogP contribution in [0, 0.1) is 5.82 Å². The molecule has 2 aromatic carbocycles. The molecule has 2 amide bonds. The van der Waals surface area contributed by atoms with Crippen LogP contribution < -0.4 is 20.1 Å². The SMILES string of the molecule is C=CC(=O)Nc1cccc(Oc2nc(Nc3cc(CC)cc(OCCN4CCCC4=O)c3)ncc2F)c1.[HH]. The minimum absolute atomic E-state index is 0. The third kappa shape index (κ3) is 7.03. The number of nitrogens with one attached hydrogen (secondary N) is 2. The van der Waals surface area contributed by atoms with Gasteiger partial charge in [-0.3, -0.25) is 9.59 Å². The Hall–Kier alpha value is -4.47. The monoisotopic (exact) mass is 507 g/mol. The first-order valence-electron chi connectivity index (χ1n) is 12.0. The molecule has 2 heterocycles. The topological polar surface area (TPSA) is 106 Å². The van der Waals surface area contributed by atoms with Crippen molar-refractivity contribution in [1.82, 2.24) is 14.9 Å². The van der Waals surface area contributed by atoms with Crippen molar-refractivity contribution < 1.29 is 24.9 Å². The zero-order valence-corrected chi connectivity index (χ0v) is 20.5. The zero-order chi connectivity index (χ0) is 26.2. The summed E-state index contributed by atoms with van der Waals surface area (Å²) in [5.74, 6) is -0.172. The minimum Gasteiger partial charge on any atom is -0.492 e. The number of carbonyl (C=O) groups excluding carboxylic acids is 2. The molecule has 4 rings (SSSR count). The summed E-state index contributed by atoms with van der Waals surface area (Å²) < 4.78 is 26.0. The van der Waals surface area contributed by atoms with Crippen molar-refractivity contribution in [1.29, 1.82) is 0 Å². The smallest absolute Gasteiger partial charge is 0.260 e. The molecular formula is C27H30FN5O4. The number of hydrogen-bond donors (Lipinski definition) is 2. The molecule has 3 aromatic rings. The second kappa shape index (κ2) is 12.0. The highest BCUT2D eigenvalue weighted by Crippen LogP contribution is 2.28. The van der Waals surface area contributed by atoms with Crippen molar-refractivity contribution in [2.75, 3.05) is 30.3 Å². The molecule has 0 aliphatic carbocycles. The number of carbonyl (C=O) groups is 2. The van der Waals surface area contributed by atoms with Crippen LogP contribution in [0.1, 0.15) is 26.8 Å². The maximum Gasteiger partial charge on any atom is 0.260 e. The highest BCUT2D eigenvalue weighted by atomic mass is 19.1. The molecule has 37 heavy (non-hydrogen) atoms. The average Bonchev–Trinajstić information content (AvgIpc) is 3.30. The molecule has 1 aliphatic heterocycles. The molecule has 194 valence electrons. The Morgan fingerprint density at radius 1 is 1.24 bits per heavy atom. The number of benzene rings is 2. The molecule has 2 N–H and O–H groups in total. The molecule has 0 atom stereocenters. The molecule has 0 unspecified atom stereocenters. The van der Waals surface area contributed by atoms with E-state index in [4.69, 9.17) is 9.47 Å². The van der Waals surface area contributed by atoms with Crippen molar-refractivity contribution in [2.45, 2.75) is 26.2 Å². The van der Waals surface area contributed by atoms with E-state index in [2.05, 4.69) is 27.2 Å². The van der Waals surface area contributed by atoms with Crippen molar-refractivity contribution in [3.8, 4) is 17.4 Å². The van der Waals surface area contributed by atoms with Crippen LogP contribution in [0.5, 0.6) is 17.4 Å². The number of amides is 2. The third-order valence-electron chi connectivity index (χ3n) is 5.65. The molecule has 9 nitrogen and oxygen atoms in total. The van der Waals surface area contributed by atoms with Gasteiger partial charge in [-0.05, 0) is 48.7 Å². The summed E-state index contributed by atoms with van der Waals surface area (Å²) in [6, 6.07) is 12.1. The second-order valence-corrected chi connectivity index (χ2v) is 8.35. The fourth-order valence-electron chi connectivity index (χ4n) is 3.79. The van der Waals surface area contributed by atoms with Gasteiger partial charge in [0.2, 0.25) is 23.6 Å². The van der Waals surface area contributed by atoms with E-state index in [1.54, 1.807) is 35.2 Å². The number of aromatic nitrogens is 2. The molecule has 1 fully saturated rings. The molecule has 10 heteroatoms. The Bertz CT molecular complexity index is 1310. The van der Waals surface area contributed by atoms with E-state index in [1.165, 1.54) is 0 Å². The quantitative estimate of drug-likeness (QED) is 0.349. The van der Waals surface area contributed by atoms with Gasteiger partial charge in [0.25, 0.3) is 5.88 Å². The number of ether oxygens (including phenoxy) is 2. The number of halogens is 1. The Morgan fingerprint density at radius 3 is 2.84 bits per heavy atom. The molecule has 0 radical (unpaired) electrons. The lowest BCUT2D eigenvalue weighted by Gasteiger charge is -2.17. The van der Waals surface area contributed by atoms with Gasteiger partial charge < -0.3 is 25.0 Å². The first-order chi connectivity index (χ1) is 17.9. The second-order valence-electron chi connectivity index (χ2n) is 8.35. The van der Waals surface area contributed by atoms with Gasteiger partial charge in [0.05, 0.1) is 12.7 Å². The standard InChI is InChI=1S/C27H28FN5O4.H2/c1-3-18-13-20(16-22(14-18)36-12-11-33-10-6-9-25(33)35)31-27-29-17-23(28)26(32-27)37-21-8-5-7-19(15-21)30-24(34)4-2;/h4-5,7-8,13-17H,2-3,6,9-12H2,1H3,(H,30,34)(H,29,31,32);1H. The van der Waals surface area contributed by atoms with E-state index in [0.717, 1.165) is 37.2 Å². The Labute approximate surface area is 215 Å². The van der Waals surface area contributed by atoms with Gasteiger partial charge in [0, 0.05) is 37.9 Å². The lowest BCUT2D eigenvalue weighted by molar-refractivity contribution is -0.128. The molecule has 1 saturated heterocycles. The van der Waals surface area contributed by atoms with Crippen LogP contribution in [-0.4, -0.2) is 46.4 Å². The predicted molar refractivity (Wildman–Crippen MR) is 140 cm³/mol. The summed E-state index contributed by atoms with van der Waals surface area (Å²) in [6.45, 7) is 7.13. The van der Waals surface area contributed by atoms with Crippen LogP contribution in [0.3, 0.4) is 0 Å². The van der Waals surface area contributed by atoms with Crippen LogP contribution >= 0.6 is 0 Å². The van der Waals surface area contributed by atoms with Gasteiger partial charge in [-0.15, -0.1) is 0 Å². The highest BCUT2D eigenvalue weighted by Gasteiger charge is 2.19. The fourth-order valence-corrected chi connectivity index (χ4v) is 3.79. The maximum absolute atomic E-state index is 14.4. The van der Waals surface area contributed by atoms with E-state index >= 15 is 0 Å². The highest BCUT2D eigenvalue weighted by molar-refractivity contribution is 5.98. The summed E-state index contributed by atoms with van der Waals surface area (Å²) in [4.78, 5) is 33.3. The van der Waals surface area contributed by atoms with E-state index < -0.39 is 5.82 Å². The normalized spacial score (nSPS) is 12.8. The number of nitrogens with zero attached hydrogens (tertiary/aromatic N) is 3. The van der Waals surface area contributed by atoms with Crippen molar-refractivity contribution in [3.63, 3.8) is 0 Å². The first kappa shape index (κ1) is 25.6. The number of rotatable bonds is 11. The van der Waals surface area contributed by atoms with E-state index in [0.29, 0.717) is 36.7 Å².